The van der Waals surface area contributed by atoms with Crippen LogP contribution in [0.5, 0.6) is 11.6 Å². The quantitative estimate of drug-likeness (QED) is 0.493. The van der Waals surface area contributed by atoms with E-state index in [2.05, 4.69) is 32.7 Å². The molecule has 0 amide bonds. The van der Waals surface area contributed by atoms with Gasteiger partial charge in [0.15, 0.2) is 5.78 Å². The molecule has 2 aliphatic rings. The number of aliphatic hydroxyl groups excluding tert-OH is 1. The summed E-state index contributed by atoms with van der Waals surface area (Å²) in [5, 5.41) is 12.3. The number of ketones is 1. The van der Waals surface area contributed by atoms with Crippen LogP contribution < -0.4 is 4.74 Å². The SMILES string of the molecule is CCc1ccc(Oc2ccc3ccccc3n2)cc1C1=C(O)[C@@H]2CC[C@](C)(C1=O)C2(C)C. The molecule has 2 aliphatic carbocycles. The Morgan fingerprint density at radius 3 is 2.66 bits per heavy atom. The number of allylic oxidation sites excluding steroid dienone is 2. The maximum atomic E-state index is 13.7. The van der Waals surface area contributed by atoms with Crippen molar-refractivity contribution in [2.45, 2.75) is 47.0 Å². The molecule has 32 heavy (non-hydrogen) atoms. The van der Waals surface area contributed by atoms with Gasteiger partial charge in [0.05, 0.1) is 11.1 Å². The molecule has 0 radical (unpaired) electrons. The van der Waals surface area contributed by atoms with Gasteiger partial charge in [-0.05, 0) is 60.1 Å². The fourth-order valence-corrected chi connectivity index (χ4v) is 5.60. The lowest BCUT2D eigenvalue weighted by molar-refractivity contribution is -0.128. The molecule has 0 unspecified atom stereocenters. The molecule has 1 heterocycles. The Labute approximate surface area is 189 Å². The number of hydrogen-bond acceptors (Lipinski definition) is 4. The van der Waals surface area contributed by atoms with Crippen LogP contribution in [-0.2, 0) is 11.2 Å². The number of rotatable bonds is 4. The van der Waals surface area contributed by atoms with Crippen LogP contribution >= 0.6 is 0 Å². The molecule has 0 aliphatic heterocycles. The second-order valence-electron chi connectivity index (χ2n) is 9.85. The summed E-state index contributed by atoms with van der Waals surface area (Å²) in [7, 11) is 0. The third kappa shape index (κ3) is 2.89. The highest BCUT2D eigenvalue weighted by molar-refractivity contribution is 6.25. The van der Waals surface area contributed by atoms with Gasteiger partial charge in [-0.2, -0.15) is 0 Å². The number of para-hydroxylation sites is 1. The molecule has 2 bridgehead atoms. The molecule has 2 aromatic carbocycles. The number of carbonyl (C=O) groups excluding carboxylic acids is 1. The molecule has 1 fully saturated rings. The molecule has 4 heteroatoms. The summed E-state index contributed by atoms with van der Waals surface area (Å²) in [5.74, 6) is 1.39. The summed E-state index contributed by atoms with van der Waals surface area (Å²) < 4.78 is 6.10. The lowest BCUT2D eigenvalue weighted by atomic mass is 9.58. The van der Waals surface area contributed by atoms with Crippen LogP contribution in [0.3, 0.4) is 0 Å². The van der Waals surface area contributed by atoms with Crippen molar-refractivity contribution in [2.24, 2.45) is 16.7 Å². The van der Waals surface area contributed by atoms with Crippen LogP contribution in [-0.4, -0.2) is 15.9 Å². The largest absolute Gasteiger partial charge is 0.511 e. The first-order valence-electron chi connectivity index (χ1n) is 11.4. The summed E-state index contributed by atoms with van der Waals surface area (Å²) in [6.07, 6.45) is 2.40. The number of nitrogens with zero attached hydrogens (tertiary/aromatic N) is 1. The van der Waals surface area contributed by atoms with Crippen molar-refractivity contribution < 1.29 is 14.6 Å². The number of hydrogen-bond donors (Lipinski definition) is 1. The lowest BCUT2D eigenvalue weighted by Gasteiger charge is -2.45. The predicted octanol–water partition coefficient (Wildman–Crippen LogP) is 6.88. The summed E-state index contributed by atoms with van der Waals surface area (Å²) in [4.78, 5) is 18.3. The van der Waals surface area contributed by atoms with E-state index >= 15 is 0 Å². The van der Waals surface area contributed by atoms with E-state index in [0.717, 1.165) is 41.3 Å². The van der Waals surface area contributed by atoms with Crippen LogP contribution in [0.4, 0.5) is 0 Å². The molecule has 1 saturated carbocycles. The minimum absolute atomic E-state index is 0.00312. The van der Waals surface area contributed by atoms with Gasteiger partial charge < -0.3 is 9.84 Å². The molecule has 2 atom stereocenters. The first-order chi connectivity index (χ1) is 15.3. The Kier molecular flexibility index (Phi) is 4.66. The Morgan fingerprint density at radius 2 is 1.88 bits per heavy atom. The molecule has 0 spiro atoms. The Bertz CT molecular complexity index is 1270. The Morgan fingerprint density at radius 1 is 1.09 bits per heavy atom. The second-order valence-corrected chi connectivity index (χ2v) is 9.85. The van der Waals surface area contributed by atoms with E-state index in [1.165, 1.54) is 0 Å². The second kappa shape index (κ2) is 7.19. The maximum Gasteiger partial charge on any atom is 0.219 e. The molecular formula is C28H29NO3. The lowest BCUT2D eigenvalue weighted by Crippen LogP contribution is -2.45. The van der Waals surface area contributed by atoms with E-state index in [4.69, 9.17) is 4.74 Å². The van der Waals surface area contributed by atoms with E-state index in [1.54, 1.807) is 0 Å². The first-order valence-corrected chi connectivity index (χ1v) is 11.4. The molecule has 1 aromatic heterocycles. The number of aromatic nitrogens is 1. The zero-order valence-corrected chi connectivity index (χ0v) is 19.1. The fraction of sp³-hybridized carbons (Fsp3) is 0.357. The van der Waals surface area contributed by atoms with E-state index in [1.807, 2.05) is 54.6 Å². The summed E-state index contributed by atoms with van der Waals surface area (Å²) in [6.45, 7) is 8.35. The fourth-order valence-electron chi connectivity index (χ4n) is 5.60. The highest BCUT2D eigenvalue weighted by Crippen LogP contribution is 2.63. The van der Waals surface area contributed by atoms with Crippen LogP contribution in [0.2, 0.25) is 0 Å². The number of carbonyl (C=O) groups is 1. The number of benzene rings is 2. The molecule has 3 aromatic rings. The van der Waals surface area contributed by atoms with Gasteiger partial charge in [-0.25, -0.2) is 4.98 Å². The van der Waals surface area contributed by atoms with Gasteiger partial charge in [-0.3, -0.25) is 4.79 Å². The average molecular weight is 428 g/mol. The van der Waals surface area contributed by atoms with E-state index in [0.29, 0.717) is 17.2 Å². The zero-order valence-electron chi connectivity index (χ0n) is 19.1. The van der Waals surface area contributed by atoms with Crippen molar-refractivity contribution in [2.75, 3.05) is 0 Å². The number of aliphatic hydroxyl groups is 1. The first kappa shape index (κ1) is 20.7. The molecule has 0 saturated heterocycles. The minimum Gasteiger partial charge on any atom is -0.511 e. The van der Waals surface area contributed by atoms with E-state index in [9.17, 15) is 9.90 Å². The van der Waals surface area contributed by atoms with Crippen molar-refractivity contribution >= 4 is 22.3 Å². The summed E-state index contributed by atoms with van der Waals surface area (Å²) >= 11 is 0. The van der Waals surface area contributed by atoms with Crippen molar-refractivity contribution in [3.63, 3.8) is 0 Å². The van der Waals surface area contributed by atoms with Crippen molar-refractivity contribution in [1.29, 1.82) is 0 Å². The van der Waals surface area contributed by atoms with Crippen LogP contribution in [0, 0.1) is 16.7 Å². The van der Waals surface area contributed by atoms with Gasteiger partial charge in [0.2, 0.25) is 5.88 Å². The average Bonchev–Trinajstić information content (AvgIpc) is 2.97. The van der Waals surface area contributed by atoms with E-state index in [-0.39, 0.29) is 22.9 Å². The van der Waals surface area contributed by atoms with Gasteiger partial charge in [-0.1, -0.05) is 52.0 Å². The normalized spacial score (nSPS) is 24.2. The van der Waals surface area contributed by atoms with Gasteiger partial charge >= 0.3 is 0 Å². The standard InChI is InChI=1S/C28H29NO3/c1-5-17-10-12-19(32-23-13-11-18-8-6-7-9-22(18)29-23)16-20(17)24-25(30)21-14-15-28(4,26(24)31)27(21,2)3/h6-13,16,21,30H,5,14-15H2,1-4H3/t21-,28+/m0/s1. The van der Waals surface area contributed by atoms with Crippen molar-refractivity contribution in [3.05, 3.63) is 71.5 Å². The van der Waals surface area contributed by atoms with Gasteiger partial charge in [0, 0.05) is 22.8 Å². The number of fused-ring (bicyclic) bond motifs is 3. The monoisotopic (exact) mass is 427 g/mol. The number of Topliss-reactive ketones (excluding diaryl/α,β-unsaturated/α-hetero) is 1. The molecule has 1 N–H and O–H groups in total. The minimum atomic E-state index is -0.471. The smallest absolute Gasteiger partial charge is 0.219 e. The van der Waals surface area contributed by atoms with Crippen molar-refractivity contribution in [1.82, 2.24) is 4.98 Å². The highest BCUT2D eigenvalue weighted by Gasteiger charge is 2.61. The predicted molar refractivity (Wildman–Crippen MR) is 127 cm³/mol. The van der Waals surface area contributed by atoms with Gasteiger partial charge in [-0.15, -0.1) is 0 Å². The third-order valence-corrected chi connectivity index (χ3v) is 8.07. The molecule has 4 nitrogen and oxygen atoms in total. The number of pyridine rings is 1. The van der Waals surface area contributed by atoms with E-state index < -0.39 is 5.41 Å². The summed E-state index contributed by atoms with van der Waals surface area (Å²) in [5.41, 5.74) is 2.42. The van der Waals surface area contributed by atoms with Gasteiger partial charge in [0.1, 0.15) is 11.5 Å². The Hall–Kier alpha value is -3.14. The van der Waals surface area contributed by atoms with Crippen LogP contribution in [0.1, 0.15) is 51.7 Å². The molecule has 5 rings (SSSR count). The van der Waals surface area contributed by atoms with Crippen LogP contribution in [0.25, 0.3) is 16.5 Å². The molecular weight excluding hydrogens is 398 g/mol. The topological polar surface area (TPSA) is 59.4 Å². The number of aryl methyl sites for hydroxylation is 1. The van der Waals surface area contributed by atoms with Crippen molar-refractivity contribution in [3.8, 4) is 11.6 Å². The summed E-state index contributed by atoms with van der Waals surface area (Å²) in [6, 6.07) is 17.5. The van der Waals surface area contributed by atoms with Crippen LogP contribution in [0.15, 0.2) is 60.4 Å². The molecule has 164 valence electrons. The third-order valence-electron chi connectivity index (χ3n) is 8.07. The Balaban J connectivity index is 1.58. The maximum absolute atomic E-state index is 13.7. The zero-order chi connectivity index (χ0) is 22.7. The number of ether oxygens (including phenoxy) is 1. The highest BCUT2D eigenvalue weighted by atomic mass is 16.5. The van der Waals surface area contributed by atoms with Gasteiger partial charge in [0.25, 0.3) is 0 Å².